The van der Waals surface area contributed by atoms with Gasteiger partial charge in [-0.2, -0.15) is 13.2 Å². The zero-order chi connectivity index (χ0) is 18.7. The first-order valence-corrected chi connectivity index (χ1v) is 8.14. The topological polar surface area (TPSA) is 31.0 Å². The molecule has 0 spiro atoms. The third-order valence-corrected chi connectivity index (χ3v) is 4.14. The molecule has 2 aromatic rings. The monoisotopic (exact) mass is 370 g/mol. The maximum Gasteiger partial charge on any atom is 0.416 e. The van der Waals surface area contributed by atoms with Gasteiger partial charge in [0.2, 0.25) is 0 Å². The molecule has 3 nitrogen and oxygen atoms in total. The highest BCUT2D eigenvalue weighted by atomic mass is 19.4. The third-order valence-electron chi connectivity index (χ3n) is 4.14. The van der Waals surface area contributed by atoms with Crippen LogP contribution in [0.1, 0.15) is 16.7 Å². The van der Waals surface area contributed by atoms with E-state index in [-0.39, 0.29) is 18.1 Å². The van der Waals surface area contributed by atoms with Gasteiger partial charge in [0.15, 0.2) is 11.5 Å². The Bertz CT molecular complexity index is 770. The average Bonchev–Trinajstić information content (AvgIpc) is 3.42. The maximum atomic E-state index is 14.0. The molecular weight excluding hydrogens is 352 g/mol. The Hall–Kier alpha value is -2.28. The van der Waals surface area contributed by atoms with E-state index in [0.717, 1.165) is 11.6 Å². The van der Waals surface area contributed by atoms with Crippen LogP contribution in [0.25, 0.3) is 0 Å². The lowest BCUT2D eigenvalue weighted by Gasteiger charge is -2.15. The SMILES string of the molecule is COc1cccc(CCc2ccc(C(F)(F)F)cc2F)c1OCC1CO1. The number of aryl methyl sites for hydroxylation is 2. The summed E-state index contributed by atoms with van der Waals surface area (Å²) in [6.07, 6.45) is -3.84. The molecule has 1 unspecified atom stereocenters. The molecule has 0 aliphatic carbocycles. The molecule has 1 aliphatic heterocycles. The number of epoxide rings is 1. The van der Waals surface area contributed by atoms with E-state index in [1.165, 1.54) is 13.2 Å². The van der Waals surface area contributed by atoms with Gasteiger partial charge in [0.05, 0.1) is 19.3 Å². The van der Waals surface area contributed by atoms with E-state index in [2.05, 4.69) is 0 Å². The minimum absolute atomic E-state index is 0.0696. The van der Waals surface area contributed by atoms with E-state index in [9.17, 15) is 17.6 Å². The number of ether oxygens (including phenoxy) is 3. The molecule has 0 bridgehead atoms. The van der Waals surface area contributed by atoms with Gasteiger partial charge in [-0.25, -0.2) is 4.39 Å². The fraction of sp³-hybridized carbons (Fsp3) is 0.368. The minimum Gasteiger partial charge on any atom is -0.493 e. The second-order valence-corrected chi connectivity index (χ2v) is 6.02. The fourth-order valence-corrected chi connectivity index (χ4v) is 2.62. The van der Waals surface area contributed by atoms with Crippen molar-refractivity contribution in [2.45, 2.75) is 25.1 Å². The van der Waals surface area contributed by atoms with E-state index in [1.54, 1.807) is 12.1 Å². The first-order valence-electron chi connectivity index (χ1n) is 8.14. The third kappa shape index (κ3) is 4.46. The summed E-state index contributed by atoms with van der Waals surface area (Å²) in [5, 5.41) is 0. The van der Waals surface area contributed by atoms with Gasteiger partial charge in [0.25, 0.3) is 0 Å². The van der Waals surface area contributed by atoms with E-state index >= 15 is 0 Å². The van der Waals surface area contributed by atoms with Crippen LogP contribution < -0.4 is 9.47 Å². The Morgan fingerprint density at radius 3 is 2.46 bits per heavy atom. The van der Waals surface area contributed by atoms with Crippen molar-refractivity contribution in [3.05, 3.63) is 58.9 Å². The quantitative estimate of drug-likeness (QED) is 0.534. The molecule has 1 atom stereocenters. The molecule has 0 aromatic heterocycles. The lowest BCUT2D eigenvalue weighted by Crippen LogP contribution is -2.08. The highest BCUT2D eigenvalue weighted by Gasteiger charge is 2.31. The lowest BCUT2D eigenvalue weighted by atomic mass is 10.0. The Kier molecular flexibility index (Phi) is 5.36. The van der Waals surface area contributed by atoms with Crippen LogP contribution in [0.5, 0.6) is 11.5 Å². The van der Waals surface area contributed by atoms with Crippen LogP contribution in [0, 0.1) is 5.82 Å². The zero-order valence-corrected chi connectivity index (χ0v) is 14.1. The van der Waals surface area contributed by atoms with Crippen molar-refractivity contribution in [2.75, 3.05) is 20.3 Å². The number of methoxy groups -OCH3 is 1. The highest BCUT2D eigenvalue weighted by molar-refractivity contribution is 5.47. The van der Waals surface area contributed by atoms with Crippen molar-refractivity contribution in [1.82, 2.24) is 0 Å². The number of benzene rings is 2. The number of halogens is 4. The molecule has 0 N–H and O–H groups in total. The molecule has 1 fully saturated rings. The normalized spacial score (nSPS) is 16.4. The summed E-state index contributed by atoms with van der Waals surface area (Å²) in [6.45, 7) is 1.04. The van der Waals surface area contributed by atoms with Crippen LogP contribution in [0.15, 0.2) is 36.4 Å². The second kappa shape index (κ2) is 7.53. The Morgan fingerprint density at radius 2 is 1.85 bits per heavy atom. The Balaban J connectivity index is 1.74. The Labute approximate surface area is 148 Å². The van der Waals surface area contributed by atoms with Crippen LogP contribution in [0.4, 0.5) is 17.6 Å². The molecule has 0 saturated carbocycles. The summed E-state index contributed by atoms with van der Waals surface area (Å²) in [5.74, 6) is 0.241. The summed E-state index contributed by atoms with van der Waals surface area (Å²) in [5.41, 5.74) is 0.0233. The van der Waals surface area contributed by atoms with Crippen molar-refractivity contribution >= 4 is 0 Å². The van der Waals surface area contributed by atoms with Gasteiger partial charge < -0.3 is 14.2 Å². The van der Waals surface area contributed by atoms with Crippen molar-refractivity contribution < 1.29 is 31.8 Å². The number of hydrogen-bond donors (Lipinski definition) is 0. The van der Waals surface area contributed by atoms with Crippen LogP contribution in [0.2, 0.25) is 0 Å². The molecule has 3 rings (SSSR count). The summed E-state index contributed by atoms with van der Waals surface area (Å²) in [6, 6.07) is 7.97. The molecule has 2 aromatic carbocycles. The predicted molar refractivity (Wildman–Crippen MR) is 87.0 cm³/mol. The van der Waals surface area contributed by atoms with E-state index in [0.29, 0.717) is 37.2 Å². The van der Waals surface area contributed by atoms with Crippen LogP contribution in [-0.4, -0.2) is 26.4 Å². The van der Waals surface area contributed by atoms with Crippen molar-refractivity contribution in [2.24, 2.45) is 0 Å². The molecule has 0 radical (unpaired) electrons. The van der Waals surface area contributed by atoms with Gasteiger partial charge in [-0.3, -0.25) is 0 Å². The standard InChI is InChI=1S/C19H18F4O3/c1-24-17-4-2-3-13(18(17)26-11-15-10-25-15)6-5-12-7-8-14(9-16(12)20)19(21,22)23/h2-4,7-9,15H,5-6,10-11H2,1H3. The predicted octanol–water partition coefficient (Wildman–Crippen LogP) is 4.42. The summed E-state index contributed by atoms with van der Waals surface area (Å²) < 4.78 is 68.1. The van der Waals surface area contributed by atoms with Crippen LogP contribution >= 0.6 is 0 Å². The Morgan fingerprint density at radius 1 is 1.12 bits per heavy atom. The minimum atomic E-state index is -4.56. The number of alkyl halides is 3. The first-order chi connectivity index (χ1) is 12.4. The first kappa shape index (κ1) is 18.5. The number of rotatable bonds is 7. The molecule has 26 heavy (non-hydrogen) atoms. The molecular formula is C19H18F4O3. The zero-order valence-electron chi connectivity index (χ0n) is 14.1. The summed E-state index contributed by atoms with van der Waals surface area (Å²) >= 11 is 0. The number of hydrogen-bond acceptors (Lipinski definition) is 3. The molecule has 1 aliphatic rings. The summed E-state index contributed by atoms with van der Waals surface area (Å²) in [7, 11) is 1.52. The van der Waals surface area contributed by atoms with E-state index in [1.807, 2.05) is 6.07 Å². The highest BCUT2D eigenvalue weighted by Crippen LogP contribution is 2.34. The fourth-order valence-electron chi connectivity index (χ4n) is 2.62. The molecule has 140 valence electrons. The van der Waals surface area contributed by atoms with Gasteiger partial charge in [-0.15, -0.1) is 0 Å². The summed E-state index contributed by atoms with van der Waals surface area (Å²) in [4.78, 5) is 0. The lowest BCUT2D eigenvalue weighted by molar-refractivity contribution is -0.137. The van der Waals surface area contributed by atoms with Gasteiger partial charge >= 0.3 is 6.18 Å². The van der Waals surface area contributed by atoms with Gasteiger partial charge in [0, 0.05) is 0 Å². The van der Waals surface area contributed by atoms with Crippen LogP contribution in [-0.2, 0) is 23.8 Å². The molecule has 1 heterocycles. The number of para-hydroxylation sites is 1. The molecule has 0 amide bonds. The molecule has 1 saturated heterocycles. The van der Waals surface area contributed by atoms with Crippen molar-refractivity contribution in [3.8, 4) is 11.5 Å². The van der Waals surface area contributed by atoms with E-state index in [4.69, 9.17) is 14.2 Å². The smallest absolute Gasteiger partial charge is 0.416 e. The van der Waals surface area contributed by atoms with Crippen molar-refractivity contribution in [1.29, 1.82) is 0 Å². The van der Waals surface area contributed by atoms with Gasteiger partial charge in [0.1, 0.15) is 18.5 Å². The van der Waals surface area contributed by atoms with Crippen molar-refractivity contribution in [3.63, 3.8) is 0 Å². The van der Waals surface area contributed by atoms with Gasteiger partial charge in [-0.1, -0.05) is 18.2 Å². The largest absolute Gasteiger partial charge is 0.493 e. The second-order valence-electron chi connectivity index (χ2n) is 6.02. The average molecular weight is 370 g/mol. The maximum absolute atomic E-state index is 14.0. The van der Waals surface area contributed by atoms with Crippen LogP contribution in [0.3, 0.4) is 0 Å². The molecule has 7 heteroatoms. The van der Waals surface area contributed by atoms with E-state index < -0.39 is 17.6 Å². The van der Waals surface area contributed by atoms with Gasteiger partial charge in [-0.05, 0) is 42.2 Å².